The van der Waals surface area contributed by atoms with E-state index in [9.17, 15) is 24.6 Å². The van der Waals surface area contributed by atoms with Crippen LogP contribution in [0.1, 0.15) is 68.6 Å². The fourth-order valence-electron chi connectivity index (χ4n) is 8.28. The van der Waals surface area contributed by atoms with Crippen LogP contribution in [0.25, 0.3) is 0 Å². The number of nitrogens with zero attached hydrogens (tertiary/aromatic N) is 1. The molecule has 4 bridgehead atoms. The van der Waals surface area contributed by atoms with Crippen LogP contribution in [0, 0.1) is 26.7 Å². The Bertz CT molecular complexity index is 1170. The van der Waals surface area contributed by atoms with E-state index < -0.39 is 18.2 Å². The second kappa shape index (κ2) is 12.6. The standard InChI is InChI=1S/C31H41IN2O7/c1-3-27(37)34(17-31-13-18-6-19(14-31)8-20(7-18)15-31)24-11-22(30(39)33-4-5-35)12-25(28(24)38)41-29-23(32)9-21(16-36)10-26(29)40-2/h9-10,12,16,18-20,24-25,28,35,38H,3-8,11,13-15,17H2,1-2H3,(H,33,39)/t18?,19?,20?,24-,25+,28+,31?/m1/s1. The highest BCUT2D eigenvalue weighted by Crippen LogP contribution is 2.60. The molecule has 41 heavy (non-hydrogen) atoms. The highest BCUT2D eigenvalue weighted by molar-refractivity contribution is 14.1. The number of hydrogen-bond acceptors (Lipinski definition) is 7. The first kappa shape index (κ1) is 30.3. The Hall–Kier alpha value is -2.18. The second-order valence-corrected chi connectivity index (χ2v) is 13.6. The number of amides is 2. The first-order chi connectivity index (χ1) is 19.7. The molecule has 0 saturated heterocycles. The van der Waals surface area contributed by atoms with Crippen LogP contribution in [0.15, 0.2) is 23.8 Å². The summed E-state index contributed by atoms with van der Waals surface area (Å²) in [5, 5.41) is 23.8. The summed E-state index contributed by atoms with van der Waals surface area (Å²) >= 11 is 2.05. The third-order valence-electron chi connectivity index (χ3n) is 9.55. The number of carbonyl (C=O) groups excluding carboxylic acids is 3. The number of aliphatic hydroxyl groups excluding tert-OH is 2. The van der Waals surface area contributed by atoms with Gasteiger partial charge >= 0.3 is 0 Å². The van der Waals surface area contributed by atoms with Crippen molar-refractivity contribution in [1.82, 2.24) is 10.2 Å². The molecule has 1 aromatic rings. The van der Waals surface area contributed by atoms with Gasteiger partial charge in [0.15, 0.2) is 11.5 Å². The summed E-state index contributed by atoms with van der Waals surface area (Å²) < 4.78 is 12.5. The van der Waals surface area contributed by atoms with E-state index >= 15 is 0 Å². The van der Waals surface area contributed by atoms with Gasteiger partial charge in [0.25, 0.3) is 0 Å². The van der Waals surface area contributed by atoms with Crippen molar-refractivity contribution in [2.24, 2.45) is 23.2 Å². The number of rotatable bonds is 11. The number of ether oxygens (including phenoxy) is 2. The second-order valence-electron chi connectivity index (χ2n) is 12.5. The largest absolute Gasteiger partial charge is 0.493 e. The molecule has 4 fully saturated rings. The van der Waals surface area contributed by atoms with Crippen LogP contribution in [0.2, 0.25) is 0 Å². The van der Waals surface area contributed by atoms with E-state index in [0.29, 0.717) is 39.2 Å². The molecule has 0 aromatic heterocycles. The van der Waals surface area contributed by atoms with E-state index in [-0.39, 0.29) is 36.8 Å². The zero-order valence-electron chi connectivity index (χ0n) is 23.8. The summed E-state index contributed by atoms with van der Waals surface area (Å²) in [6.07, 6.45) is 8.02. The first-order valence-electron chi connectivity index (χ1n) is 14.8. The molecular weight excluding hydrogens is 639 g/mol. The average molecular weight is 681 g/mol. The fourth-order valence-corrected chi connectivity index (χ4v) is 9.03. The molecule has 6 rings (SSSR count). The zero-order chi connectivity index (χ0) is 29.3. The molecule has 5 aliphatic carbocycles. The minimum atomic E-state index is -1.10. The van der Waals surface area contributed by atoms with Gasteiger partial charge in [-0.25, -0.2) is 0 Å². The maximum absolute atomic E-state index is 13.6. The van der Waals surface area contributed by atoms with Gasteiger partial charge in [0, 0.05) is 37.1 Å². The minimum Gasteiger partial charge on any atom is -0.493 e. The van der Waals surface area contributed by atoms with Crippen LogP contribution < -0.4 is 14.8 Å². The Morgan fingerprint density at radius 3 is 2.39 bits per heavy atom. The molecule has 0 heterocycles. The van der Waals surface area contributed by atoms with Gasteiger partial charge < -0.3 is 29.9 Å². The van der Waals surface area contributed by atoms with Crippen molar-refractivity contribution in [2.45, 2.75) is 76.5 Å². The van der Waals surface area contributed by atoms with Gasteiger partial charge in [-0.2, -0.15) is 0 Å². The molecule has 0 unspecified atom stereocenters. The summed E-state index contributed by atoms with van der Waals surface area (Å²) in [6.45, 7) is 2.32. The van der Waals surface area contributed by atoms with Crippen LogP contribution in [0.5, 0.6) is 11.5 Å². The molecule has 0 radical (unpaired) electrons. The fraction of sp³-hybridized carbons (Fsp3) is 0.645. The Morgan fingerprint density at radius 1 is 1.17 bits per heavy atom. The van der Waals surface area contributed by atoms with Crippen molar-refractivity contribution in [3.63, 3.8) is 0 Å². The van der Waals surface area contributed by atoms with Gasteiger partial charge in [-0.15, -0.1) is 0 Å². The third-order valence-corrected chi connectivity index (χ3v) is 10.4. The van der Waals surface area contributed by atoms with Gasteiger partial charge in [0.1, 0.15) is 18.5 Å². The monoisotopic (exact) mass is 680 g/mol. The number of methoxy groups -OCH3 is 1. The summed E-state index contributed by atoms with van der Waals surface area (Å²) in [4.78, 5) is 40.0. The molecular formula is C31H41IN2O7. The van der Waals surface area contributed by atoms with E-state index in [1.54, 1.807) is 18.2 Å². The number of halogens is 1. The highest BCUT2D eigenvalue weighted by atomic mass is 127. The number of hydrogen-bond donors (Lipinski definition) is 3. The molecule has 1 aromatic carbocycles. The van der Waals surface area contributed by atoms with Crippen molar-refractivity contribution < 1.29 is 34.1 Å². The van der Waals surface area contributed by atoms with Crippen LogP contribution in [0.4, 0.5) is 0 Å². The minimum absolute atomic E-state index is 0.0388. The van der Waals surface area contributed by atoms with Crippen LogP contribution >= 0.6 is 22.6 Å². The van der Waals surface area contributed by atoms with Crippen molar-refractivity contribution in [3.8, 4) is 11.5 Å². The van der Waals surface area contributed by atoms with E-state index in [2.05, 4.69) is 27.9 Å². The van der Waals surface area contributed by atoms with Crippen LogP contribution in [0.3, 0.4) is 0 Å². The van der Waals surface area contributed by atoms with Gasteiger partial charge in [-0.05, 0) is 102 Å². The van der Waals surface area contributed by atoms with Crippen molar-refractivity contribution in [2.75, 3.05) is 26.8 Å². The van der Waals surface area contributed by atoms with Gasteiger partial charge in [-0.3, -0.25) is 14.4 Å². The van der Waals surface area contributed by atoms with Crippen LogP contribution in [-0.2, 0) is 9.59 Å². The van der Waals surface area contributed by atoms with Crippen molar-refractivity contribution in [1.29, 1.82) is 0 Å². The molecule has 0 aliphatic heterocycles. The molecule has 10 heteroatoms. The number of aliphatic hydroxyl groups is 2. The number of carbonyl (C=O) groups is 3. The predicted molar refractivity (Wildman–Crippen MR) is 161 cm³/mol. The van der Waals surface area contributed by atoms with E-state index in [1.807, 2.05) is 11.8 Å². The quantitative estimate of drug-likeness (QED) is 0.242. The number of aldehydes is 1. The predicted octanol–water partition coefficient (Wildman–Crippen LogP) is 3.48. The maximum Gasteiger partial charge on any atom is 0.247 e. The lowest BCUT2D eigenvalue weighted by molar-refractivity contribution is -0.146. The Balaban J connectivity index is 1.48. The molecule has 3 N–H and O–H groups in total. The maximum atomic E-state index is 13.6. The molecule has 3 atom stereocenters. The summed E-state index contributed by atoms with van der Waals surface area (Å²) in [5.74, 6) is 2.44. The highest BCUT2D eigenvalue weighted by Gasteiger charge is 2.53. The Morgan fingerprint density at radius 2 is 1.83 bits per heavy atom. The van der Waals surface area contributed by atoms with E-state index in [0.717, 1.165) is 43.3 Å². The lowest BCUT2D eigenvalue weighted by atomic mass is 9.49. The molecule has 4 saturated carbocycles. The normalized spacial score (nSPS) is 31.8. The molecule has 2 amide bonds. The topological polar surface area (TPSA) is 125 Å². The lowest BCUT2D eigenvalue weighted by Gasteiger charge is -2.58. The average Bonchev–Trinajstić information content (AvgIpc) is 2.95. The van der Waals surface area contributed by atoms with Gasteiger partial charge in [0.05, 0.1) is 23.3 Å². The molecule has 5 aliphatic rings. The summed E-state index contributed by atoms with van der Waals surface area (Å²) in [6, 6.07) is 2.57. The van der Waals surface area contributed by atoms with Gasteiger partial charge in [0.2, 0.25) is 11.8 Å². The molecule has 9 nitrogen and oxygen atoms in total. The van der Waals surface area contributed by atoms with Gasteiger partial charge in [-0.1, -0.05) is 6.92 Å². The van der Waals surface area contributed by atoms with E-state index in [1.165, 1.54) is 26.4 Å². The Kier molecular flexibility index (Phi) is 9.30. The molecule has 224 valence electrons. The van der Waals surface area contributed by atoms with Crippen LogP contribution in [-0.4, -0.2) is 78.3 Å². The number of nitrogens with one attached hydrogen (secondary N) is 1. The van der Waals surface area contributed by atoms with Crippen molar-refractivity contribution in [3.05, 3.63) is 32.9 Å². The smallest absolute Gasteiger partial charge is 0.247 e. The van der Waals surface area contributed by atoms with Crippen molar-refractivity contribution >= 4 is 40.7 Å². The Labute approximate surface area is 255 Å². The first-order valence-corrected chi connectivity index (χ1v) is 15.8. The zero-order valence-corrected chi connectivity index (χ0v) is 26.0. The molecule has 0 spiro atoms. The summed E-state index contributed by atoms with van der Waals surface area (Å²) in [5.41, 5.74) is 0.881. The van der Waals surface area contributed by atoms with E-state index in [4.69, 9.17) is 9.47 Å². The lowest BCUT2D eigenvalue weighted by Crippen LogP contribution is -2.59. The SMILES string of the molecule is CCC(=O)N(CC12CC3CC(CC(C3)C1)C2)[C@@H]1CC(C(=O)NCCO)=C[C@H](Oc2c(I)cc(C=O)cc2OC)[C@H]1O. The summed E-state index contributed by atoms with van der Waals surface area (Å²) in [7, 11) is 1.48. The number of benzene rings is 1. The third kappa shape index (κ3) is 6.29.